The molecule has 3 rings (SSSR count). The minimum Gasteiger partial charge on any atom is -0.329 e. The van der Waals surface area contributed by atoms with E-state index < -0.39 is 0 Å². The van der Waals surface area contributed by atoms with E-state index in [9.17, 15) is 0 Å². The predicted octanol–water partition coefficient (Wildman–Crippen LogP) is 2.57. The molecule has 2 nitrogen and oxygen atoms in total. The molecule has 2 aromatic rings. The van der Waals surface area contributed by atoms with Gasteiger partial charge < -0.3 is 5.73 Å². The van der Waals surface area contributed by atoms with Crippen LogP contribution < -0.4 is 5.73 Å². The zero-order valence-corrected chi connectivity index (χ0v) is 10.4. The fourth-order valence-corrected chi connectivity index (χ4v) is 2.67. The highest BCUT2D eigenvalue weighted by atomic mass is 15.4. The van der Waals surface area contributed by atoms with Crippen molar-refractivity contribution in [3.05, 3.63) is 71.8 Å². The Balaban J connectivity index is 1.74. The third kappa shape index (κ3) is 2.17. The molecule has 1 aliphatic rings. The first-order chi connectivity index (χ1) is 8.90. The van der Waals surface area contributed by atoms with Crippen molar-refractivity contribution < 1.29 is 0 Å². The summed E-state index contributed by atoms with van der Waals surface area (Å²) in [6.45, 7) is 1.72. The lowest BCUT2D eigenvalue weighted by molar-refractivity contribution is 0.477. The van der Waals surface area contributed by atoms with Gasteiger partial charge in [-0.05, 0) is 11.1 Å². The second kappa shape index (κ2) is 4.92. The highest BCUT2D eigenvalue weighted by Crippen LogP contribution is 2.43. The van der Waals surface area contributed by atoms with E-state index >= 15 is 0 Å². The van der Waals surface area contributed by atoms with Gasteiger partial charge in [-0.2, -0.15) is 0 Å². The fourth-order valence-electron chi connectivity index (χ4n) is 2.67. The van der Waals surface area contributed by atoms with E-state index in [1.54, 1.807) is 0 Å². The summed E-state index contributed by atoms with van der Waals surface area (Å²) < 4.78 is 0. The van der Waals surface area contributed by atoms with Crippen molar-refractivity contribution in [2.75, 3.05) is 6.54 Å². The van der Waals surface area contributed by atoms with E-state index in [0.29, 0.717) is 12.1 Å². The van der Waals surface area contributed by atoms with Gasteiger partial charge >= 0.3 is 0 Å². The van der Waals surface area contributed by atoms with Crippen molar-refractivity contribution in [1.82, 2.24) is 4.90 Å². The third-order valence-corrected chi connectivity index (χ3v) is 3.65. The van der Waals surface area contributed by atoms with Crippen LogP contribution in [-0.2, 0) is 6.54 Å². The highest BCUT2D eigenvalue weighted by molar-refractivity contribution is 5.28. The number of nitrogens with two attached hydrogens (primary N) is 1. The van der Waals surface area contributed by atoms with Crippen molar-refractivity contribution in [3.63, 3.8) is 0 Å². The smallest absolute Gasteiger partial charge is 0.0523 e. The van der Waals surface area contributed by atoms with Crippen LogP contribution in [0.2, 0.25) is 0 Å². The molecule has 1 fully saturated rings. The molecule has 2 aromatic carbocycles. The zero-order valence-electron chi connectivity index (χ0n) is 10.4. The topological polar surface area (TPSA) is 29.0 Å². The van der Waals surface area contributed by atoms with Gasteiger partial charge in [0, 0.05) is 19.1 Å². The maximum atomic E-state index is 5.86. The van der Waals surface area contributed by atoms with Crippen molar-refractivity contribution in [1.29, 1.82) is 0 Å². The third-order valence-electron chi connectivity index (χ3n) is 3.65. The molecule has 92 valence electrons. The lowest BCUT2D eigenvalue weighted by Crippen LogP contribution is -2.12. The summed E-state index contributed by atoms with van der Waals surface area (Å²) in [4.78, 5) is 2.46. The monoisotopic (exact) mass is 238 g/mol. The van der Waals surface area contributed by atoms with Gasteiger partial charge in [-0.25, -0.2) is 0 Å². The number of rotatable bonds is 4. The lowest BCUT2D eigenvalue weighted by atomic mass is 10.1. The molecule has 0 bridgehead atoms. The summed E-state index contributed by atoms with van der Waals surface area (Å²) in [7, 11) is 0. The Morgan fingerprint density at radius 2 is 1.50 bits per heavy atom. The summed E-state index contributed by atoms with van der Waals surface area (Å²) in [5.74, 6) is 0. The summed E-state index contributed by atoms with van der Waals surface area (Å²) in [5, 5.41) is 0. The Morgan fingerprint density at radius 1 is 0.889 bits per heavy atom. The minimum absolute atomic E-state index is 0.493. The maximum Gasteiger partial charge on any atom is 0.0523 e. The molecule has 1 unspecified atom stereocenters. The Kier molecular flexibility index (Phi) is 3.13. The molecule has 0 amide bonds. The van der Waals surface area contributed by atoms with Crippen LogP contribution in [0, 0.1) is 0 Å². The largest absolute Gasteiger partial charge is 0.329 e. The summed E-state index contributed by atoms with van der Waals surface area (Å²) >= 11 is 0. The molecule has 0 aromatic heterocycles. The van der Waals surface area contributed by atoms with Gasteiger partial charge in [0.05, 0.1) is 6.04 Å². The van der Waals surface area contributed by atoms with E-state index in [-0.39, 0.29) is 0 Å². The summed E-state index contributed by atoms with van der Waals surface area (Å²) in [5.41, 5.74) is 8.60. The van der Waals surface area contributed by atoms with Crippen molar-refractivity contribution in [3.8, 4) is 0 Å². The van der Waals surface area contributed by atoms with E-state index in [1.807, 2.05) is 0 Å². The normalized spacial score (nSPS) is 25.9. The van der Waals surface area contributed by atoms with Gasteiger partial charge in [-0.15, -0.1) is 0 Å². The number of nitrogens with zero attached hydrogens (tertiary/aromatic N) is 1. The number of hydrogen-bond acceptors (Lipinski definition) is 2. The standard InChI is InChI=1S/C16H18N2/c17-11-15-16(14-9-5-2-6-10-14)18(15)12-13-7-3-1-4-8-13/h1-10,15-16H,11-12,17H2/t15-,16+,18?/m0/s1. The molecule has 1 heterocycles. The Labute approximate surface area is 108 Å². The van der Waals surface area contributed by atoms with Crippen LogP contribution in [-0.4, -0.2) is 17.5 Å². The van der Waals surface area contributed by atoms with Gasteiger partial charge in [0.25, 0.3) is 0 Å². The van der Waals surface area contributed by atoms with E-state index in [4.69, 9.17) is 5.73 Å². The first-order valence-corrected chi connectivity index (χ1v) is 6.45. The maximum absolute atomic E-state index is 5.86. The zero-order chi connectivity index (χ0) is 12.4. The Morgan fingerprint density at radius 3 is 2.11 bits per heavy atom. The lowest BCUT2D eigenvalue weighted by Gasteiger charge is -2.04. The summed E-state index contributed by atoms with van der Waals surface area (Å²) in [6, 6.07) is 22.2. The molecular formula is C16H18N2. The van der Waals surface area contributed by atoms with Gasteiger partial charge in [0.1, 0.15) is 0 Å². The number of hydrogen-bond donors (Lipinski definition) is 1. The number of benzene rings is 2. The van der Waals surface area contributed by atoms with Crippen LogP contribution in [0.1, 0.15) is 17.2 Å². The minimum atomic E-state index is 0.493. The van der Waals surface area contributed by atoms with Gasteiger partial charge in [-0.3, -0.25) is 4.90 Å². The molecular weight excluding hydrogens is 220 g/mol. The second-order valence-electron chi connectivity index (χ2n) is 4.82. The molecule has 3 atom stereocenters. The van der Waals surface area contributed by atoms with E-state index in [0.717, 1.165) is 13.1 Å². The van der Waals surface area contributed by atoms with Crippen LogP contribution in [0.25, 0.3) is 0 Å². The van der Waals surface area contributed by atoms with Gasteiger partial charge in [0.2, 0.25) is 0 Å². The van der Waals surface area contributed by atoms with Crippen LogP contribution in [0.3, 0.4) is 0 Å². The van der Waals surface area contributed by atoms with Crippen LogP contribution in [0.15, 0.2) is 60.7 Å². The first-order valence-electron chi connectivity index (χ1n) is 6.45. The average Bonchev–Trinajstić information content (AvgIpc) is 3.14. The molecule has 1 saturated heterocycles. The molecule has 0 aliphatic carbocycles. The van der Waals surface area contributed by atoms with Crippen LogP contribution >= 0.6 is 0 Å². The SMILES string of the molecule is NC[C@H]1[C@@H](c2ccccc2)N1Cc1ccccc1. The van der Waals surface area contributed by atoms with Crippen molar-refractivity contribution >= 4 is 0 Å². The first kappa shape index (κ1) is 11.5. The highest BCUT2D eigenvalue weighted by Gasteiger charge is 2.46. The predicted molar refractivity (Wildman–Crippen MR) is 74.0 cm³/mol. The van der Waals surface area contributed by atoms with Crippen LogP contribution in [0.4, 0.5) is 0 Å². The Bertz CT molecular complexity index is 495. The molecule has 1 aliphatic heterocycles. The molecule has 2 heteroatoms. The molecule has 0 radical (unpaired) electrons. The molecule has 18 heavy (non-hydrogen) atoms. The quantitative estimate of drug-likeness (QED) is 0.829. The molecule has 0 saturated carbocycles. The molecule has 0 spiro atoms. The van der Waals surface area contributed by atoms with Crippen molar-refractivity contribution in [2.24, 2.45) is 5.73 Å². The second-order valence-corrected chi connectivity index (χ2v) is 4.82. The van der Waals surface area contributed by atoms with Gasteiger partial charge in [-0.1, -0.05) is 60.7 Å². The Hall–Kier alpha value is -1.64. The van der Waals surface area contributed by atoms with Crippen LogP contribution in [0.5, 0.6) is 0 Å². The van der Waals surface area contributed by atoms with Gasteiger partial charge in [0.15, 0.2) is 0 Å². The van der Waals surface area contributed by atoms with E-state index in [1.165, 1.54) is 11.1 Å². The van der Waals surface area contributed by atoms with E-state index in [2.05, 4.69) is 65.6 Å². The fraction of sp³-hybridized carbons (Fsp3) is 0.250. The summed E-state index contributed by atoms with van der Waals surface area (Å²) in [6.07, 6.45) is 0. The van der Waals surface area contributed by atoms with Crippen molar-refractivity contribution in [2.45, 2.75) is 18.6 Å². The average molecular weight is 238 g/mol. The molecule has 2 N–H and O–H groups in total.